The zero-order chi connectivity index (χ0) is 18.0. The molecule has 1 aromatic heterocycles. The molecule has 130 valence electrons. The molecule has 0 unspecified atom stereocenters. The molecule has 0 saturated carbocycles. The molecule has 3 N–H and O–H groups in total. The predicted octanol–water partition coefficient (Wildman–Crippen LogP) is 2.75. The predicted molar refractivity (Wildman–Crippen MR) is 103 cm³/mol. The summed E-state index contributed by atoms with van der Waals surface area (Å²) in [6.45, 7) is 0. The lowest BCUT2D eigenvalue weighted by atomic mass is 10.1. The summed E-state index contributed by atoms with van der Waals surface area (Å²) in [5.74, 6) is -1.22. The maximum Gasteiger partial charge on any atom is 0.322 e. The van der Waals surface area contributed by atoms with Crippen molar-refractivity contribution in [1.82, 2.24) is 9.71 Å². The Morgan fingerprint density at radius 2 is 1.84 bits per heavy atom. The number of rotatable bonds is 6. The van der Waals surface area contributed by atoms with Crippen LogP contribution in [-0.2, 0) is 21.2 Å². The minimum atomic E-state index is -3.92. The van der Waals surface area contributed by atoms with E-state index in [0.717, 1.165) is 20.0 Å². The molecule has 0 bridgehead atoms. The Balaban J connectivity index is 1.86. The number of aromatic nitrogens is 1. The Labute approximate surface area is 158 Å². The molecule has 0 aliphatic carbocycles. The monoisotopic (exact) mass is 470 g/mol. The van der Waals surface area contributed by atoms with Gasteiger partial charge in [0.2, 0.25) is 10.0 Å². The SMILES string of the molecule is O=C(O)[C@@H](Cc1c[nH]c2ccccc12)NS(=O)(=O)c1ccc(I)cc1. The van der Waals surface area contributed by atoms with Crippen LogP contribution in [0.1, 0.15) is 5.56 Å². The number of H-pyrrole nitrogens is 1. The molecule has 0 fully saturated rings. The van der Waals surface area contributed by atoms with Gasteiger partial charge in [-0.15, -0.1) is 0 Å². The fraction of sp³-hybridized carbons (Fsp3) is 0.118. The van der Waals surface area contributed by atoms with Crippen LogP contribution in [0.15, 0.2) is 59.6 Å². The number of para-hydroxylation sites is 1. The van der Waals surface area contributed by atoms with Gasteiger partial charge in [-0.1, -0.05) is 18.2 Å². The number of sulfonamides is 1. The quantitative estimate of drug-likeness (QED) is 0.483. The number of halogens is 1. The van der Waals surface area contributed by atoms with Crippen molar-refractivity contribution in [2.24, 2.45) is 0 Å². The van der Waals surface area contributed by atoms with Gasteiger partial charge < -0.3 is 10.1 Å². The molecular weight excluding hydrogens is 455 g/mol. The summed E-state index contributed by atoms with van der Waals surface area (Å²) in [6, 6.07) is 12.4. The van der Waals surface area contributed by atoms with Crippen molar-refractivity contribution in [2.75, 3.05) is 0 Å². The molecule has 3 rings (SSSR count). The second kappa shape index (κ2) is 7.14. The van der Waals surface area contributed by atoms with Crippen LogP contribution in [0.3, 0.4) is 0 Å². The summed E-state index contributed by atoms with van der Waals surface area (Å²) >= 11 is 2.07. The van der Waals surface area contributed by atoms with Gasteiger partial charge in [0.15, 0.2) is 0 Å². The molecule has 0 spiro atoms. The van der Waals surface area contributed by atoms with Crippen LogP contribution >= 0.6 is 22.6 Å². The van der Waals surface area contributed by atoms with Gasteiger partial charge in [0, 0.05) is 27.1 Å². The third kappa shape index (κ3) is 4.02. The van der Waals surface area contributed by atoms with E-state index in [2.05, 4.69) is 32.3 Å². The number of carboxylic acid groups (broad SMARTS) is 1. The van der Waals surface area contributed by atoms with E-state index in [0.29, 0.717) is 0 Å². The van der Waals surface area contributed by atoms with Crippen LogP contribution in [0.25, 0.3) is 10.9 Å². The molecular formula is C17H15IN2O4S. The number of aromatic amines is 1. The Kier molecular flexibility index (Phi) is 5.11. The fourth-order valence-corrected chi connectivity index (χ4v) is 4.12. The largest absolute Gasteiger partial charge is 0.480 e. The van der Waals surface area contributed by atoms with Crippen molar-refractivity contribution in [3.8, 4) is 0 Å². The van der Waals surface area contributed by atoms with E-state index >= 15 is 0 Å². The van der Waals surface area contributed by atoms with E-state index in [-0.39, 0.29) is 11.3 Å². The average molecular weight is 470 g/mol. The van der Waals surface area contributed by atoms with Crippen molar-refractivity contribution in [3.05, 3.63) is 63.9 Å². The zero-order valence-electron chi connectivity index (χ0n) is 12.9. The van der Waals surface area contributed by atoms with Crippen LogP contribution in [0.4, 0.5) is 0 Å². The molecule has 8 heteroatoms. The summed E-state index contributed by atoms with van der Waals surface area (Å²) in [7, 11) is -3.92. The normalized spacial score (nSPS) is 13.0. The third-order valence-electron chi connectivity index (χ3n) is 3.82. The van der Waals surface area contributed by atoms with Crippen molar-refractivity contribution < 1.29 is 18.3 Å². The van der Waals surface area contributed by atoms with Gasteiger partial charge in [0.1, 0.15) is 6.04 Å². The molecule has 2 aromatic carbocycles. The zero-order valence-corrected chi connectivity index (χ0v) is 15.9. The number of carbonyl (C=O) groups is 1. The lowest BCUT2D eigenvalue weighted by Gasteiger charge is -2.14. The molecule has 0 aliphatic rings. The van der Waals surface area contributed by atoms with E-state index < -0.39 is 22.0 Å². The molecule has 0 saturated heterocycles. The highest BCUT2D eigenvalue weighted by Crippen LogP contribution is 2.20. The molecule has 0 radical (unpaired) electrons. The summed E-state index contributed by atoms with van der Waals surface area (Å²) < 4.78 is 28.1. The summed E-state index contributed by atoms with van der Waals surface area (Å²) in [5, 5.41) is 10.3. The van der Waals surface area contributed by atoms with Crippen molar-refractivity contribution in [3.63, 3.8) is 0 Å². The second-order valence-corrected chi connectivity index (χ2v) is 8.49. The van der Waals surface area contributed by atoms with Gasteiger partial charge in [-0.2, -0.15) is 4.72 Å². The molecule has 1 atom stereocenters. The highest BCUT2D eigenvalue weighted by atomic mass is 127. The Morgan fingerprint density at radius 1 is 1.16 bits per heavy atom. The molecule has 0 amide bonds. The van der Waals surface area contributed by atoms with Gasteiger partial charge in [-0.25, -0.2) is 8.42 Å². The highest BCUT2D eigenvalue weighted by Gasteiger charge is 2.26. The standard InChI is InChI=1S/C17H15IN2O4S/c18-12-5-7-13(8-6-12)25(23,24)20-16(17(21)22)9-11-10-19-15-4-2-1-3-14(11)15/h1-8,10,16,19-20H,9H2,(H,21,22)/t16-/m1/s1. The van der Waals surface area contributed by atoms with Gasteiger partial charge in [-0.05, 0) is 58.5 Å². The third-order valence-corrected chi connectivity index (χ3v) is 6.03. The lowest BCUT2D eigenvalue weighted by molar-refractivity contribution is -0.138. The summed E-state index contributed by atoms with van der Waals surface area (Å²) in [4.78, 5) is 14.7. The van der Waals surface area contributed by atoms with Gasteiger partial charge in [0.25, 0.3) is 0 Å². The summed E-state index contributed by atoms with van der Waals surface area (Å²) in [6.07, 6.45) is 1.75. The molecule has 0 aliphatic heterocycles. The smallest absolute Gasteiger partial charge is 0.322 e. The maximum atomic E-state index is 12.5. The molecule has 6 nitrogen and oxygen atoms in total. The molecule has 3 aromatic rings. The van der Waals surface area contributed by atoms with Crippen molar-refractivity contribution >= 4 is 49.5 Å². The van der Waals surface area contributed by atoms with Crippen molar-refractivity contribution in [2.45, 2.75) is 17.4 Å². The minimum Gasteiger partial charge on any atom is -0.480 e. The Morgan fingerprint density at radius 3 is 2.52 bits per heavy atom. The Bertz CT molecular complexity index is 1010. The van der Waals surface area contributed by atoms with Crippen LogP contribution in [0.5, 0.6) is 0 Å². The number of hydrogen-bond acceptors (Lipinski definition) is 3. The molecule has 25 heavy (non-hydrogen) atoms. The van der Waals surface area contributed by atoms with E-state index in [1.807, 2.05) is 24.3 Å². The van der Waals surface area contributed by atoms with E-state index in [4.69, 9.17) is 0 Å². The van der Waals surface area contributed by atoms with Crippen LogP contribution in [-0.4, -0.2) is 30.5 Å². The van der Waals surface area contributed by atoms with Crippen LogP contribution in [0, 0.1) is 3.57 Å². The Hall–Kier alpha value is -1.91. The summed E-state index contributed by atoms with van der Waals surface area (Å²) in [5.41, 5.74) is 1.62. The first-order valence-electron chi connectivity index (χ1n) is 7.42. The number of hydrogen-bond donors (Lipinski definition) is 3. The van der Waals surface area contributed by atoms with Crippen LogP contribution < -0.4 is 4.72 Å². The van der Waals surface area contributed by atoms with Gasteiger partial charge in [0.05, 0.1) is 4.90 Å². The van der Waals surface area contributed by atoms with E-state index in [1.54, 1.807) is 18.3 Å². The van der Waals surface area contributed by atoms with Crippen molar-refractivity contribution in [1.29, 1.82) is 0 Å². The topological polar surface area (TPSA) is 99.3 Å². The average Bonchev–Trinajstić information content (AvgIpc) is 2.97. The first kappa shape index (κ1) is 17.9. The number of carboxylic acids is 1. The molecule has 1 heterocycles. The fourth-order valence-electron chi connectivity index (χ4n) is 2.57. The van der Waals surface area contributed by atoms with Gasteiger partial charge >= 0.3 is 5.97 Å². The minimum absolute atomic E-state index is 0.0399. The van der Waals surface area contributed by atoms with Crippen LogP contribution in [0.2, 0.25) is 0 Å². The lowest BCUT2D eigenvalue weighted by Crippen LogP contribution is -2.42. The van der Waals surface area contributed by atoms with E-state index in [9.17, 15) is 18.3 Å². The van der Waals surface area contributed by atoms with E-state index in [1.165, 1.54) is 12.1 Å². The van der Waals surface area contributed by atoms with Gasteiger partial charge in [-0.3, -0.25) is 4.79 Å². The number of benzene rings is 2. The maximum absolute atomic E-state index is 12.5. The second-order valence-electron chi connectivity index (χ2n) is 5.53. The highest BCUT2D eigenvalue weighted by molar-refractivity contribution is 14.1. The number of aliphatic carboxylic acids is 1. The first-order valence-corrected chi connectivity index (χ1v) is 9.99. The number of fused-ring (bicyclic) bond motifs is 1. The number of nitrogens with one attached hydrogen (secondary N) is 2. The first-order chi connectivity index (χ1) is 11.9.